The minimum absolute atomic E-state index is 0. The molecule has 0 N–H and O–H groups in total. The van der Waals surface area contributed by atoms with Gasteiger partial charge >= 0.3 is 26.2 Å². The van der Waals surface area contributed by atoms with E-state index < -0.39 is 8.07 Å². The van der Waals surface area contributed by atoms with Gasteiger partial charge in [0.05, 0.1) is 8.07 Å². The largest absolute Gasteiger partial charge is 4.00 e. The van der Waals surface area contributed by atoms with E-state index in [0.717, 1.165) is 0 Å². The normalized spacial score (nSPS) is 10.4. The van der Waals surface area contributed by atoms with Crippen LogP contribution in [0.3, 0.4) is 0 Å². The molecule has 0 unspecified atom stereocenters. The molecule has 0 aromatic heterocycles. The summed E-state index contributed by atoms with van der Waals surface area (Å²) >= 11 is 0. The van der Waals surface area contributed by atoms with Crippen molar-refractivity contribution in [2.45, 2.75) is 26.9 Å². The minimum atomic E-state index is -1.62. The zero-order valence-corrected chi connectivity index (χ0v) is 19.8. The van der Waals surface area contributed by atoms with Gasteiger partial charge in [0, 0.05) is 0 Å². The fraction of sp³-hybridized carbons (Fsp3) is 0.167. The first kappa shape index (κ1) is 22.8. The molecule has 0 radical (unpaired) electrons. The van der Waals surface area contributed by atoms with Crippen molar-refractivity contribution >= 4 is 40.0 Å². The van der Waals surface area contributed by atoms with Gasteiger partial charge in [-0.05, 0) is 0 Å². The molecular formula is C24H28SiZr. The summed E-state index contributed by atoms with van der Waals surface area (Å²) in [4.78, 5) is 0. The Hall–Kier alpha value is -1.24. The molecule has 4 rings (SSSR count). The summed E-state index contributed by atoms with van der Waals surface area (Å²) in [7, 11) is -1.62. The molecule has 2 heteroatoms. The maximum atomic E-state index is 3.25. The van der Waals surface area contributed by atoms with Gasteiger partial charge in [-0.2, -0.15) is 36.8 Å². The molecular weight excluding hydrogens is 408 g/mol. The molecule has 4 aromatic carbocycles. The predicted octanol–water partition coefficient (Wildman–Crippen LogP) is 5.93. The molecule has 26 heavy (non-hydrogen) atoms. The van der Waals surface area contributed by atoms with Crippen LogP contribution in [0.5, 0.6) is 0 Å². The second kappa shape index (κ2) is 10.2. The third-order valence-corrected chi connectivity index (χ3v) is 8.14. The Bertz CT molecular complexity index is 785. The quantitative estimate of drug-likeness (QED) is 0.270. The Kier molecular flexibility index (Phi) is 8.93. The van der Waals surface area contributed by atoms with E-state index in [-0.39, 0.29) is 26.2 Å². The van der Waals surface area contributed by atoms with Gasteiger partial charge < -0.3 is 13.8 Å². The van der Waals surface area contributed by atoms with E-state index in [9.17, 15) is 0 Å². The third-order valence-electron chi connectivity index (χ3n) is 4.68. The van der Waals surface area contributed by atoms with Crippen molar-refractivity contribution < 1.29 is 26.2 Å². The van der Waals surface area contributed by atoms with Crippen molar-refractivity contribution in [3.8, 4) is 0 Å². The van der Waals surface area contributed by atoms with Crippen molar-refractivity contribution in [2.75, 3.05) is 0 Å². The van der Waals surface area contributed by atoms with E-state index in [2.05, 4.69) is 99.7 Å². The average Bonchev–Trinajstić information content (AvgIpc) is 3.30. The SMILES string of the molecule is C[Si](C)(c1cc2ccccc2[cH-]1)c1cc2ccccc2[cH-]1.[CH2-]C.[CH2-]C.[Zr+4]. The molecule has 4 aromatic rings. The molecule has 0 spiro atoms. The molecule has 0 saturated carbocycles. The first-order valence-corrected chi connectivity index (χ1v) is 11.9. The fourth-order valence-corrected chi connectivity index (χ4v) is 5.59. The minimum Gasteiger partial charge on any atom is -0.346 e. The molecule has 132 valence electrons. The van der Waals surface area contributed by atoms with Crippen LogP contribution < -0.4 is 10.4 Å². The molecule has 0 bridgehead atoms. The maximum absolute atomic E-state index is 3.25. The van der Waals surface area contributed by atoms with Crippen molar-refractivity contribution in [1.82, 2.24) is 0 Å². The number of hydrogen-bond acceptors (Lipinski definition) is 0. The van der Waals surface area contributed by atoms with Crippen LogP contribution in [-0.2, 0) is 26.2 Å². The Morgan fingerprint density at radius 3 is 1.35 bits per heavy atom. The van der Waals surface area contributed by atoms with Crippen LogP contribution in [0.15, 0.2) is 72.8 Å². The molecule has 0 aliphatic carbocycles. The predicted molar refractivity (Wildman–Crippen MR) is 118 cm³/mol. The average molecular weight is 436 g/mol. The summed E-state index contributed by atoms with van der Waals surface area (Å²) in [5.74, 6) is 0. The van der Waals surface area contributed by atoms with Crippen molar-refractivity contribution in [2.24, 2.45) is 0 Å². The Morgan fingerprint density at radius 2 is 1.00 bits per heavy atom. The van der Waals surface area contributed by atoms with Crippen LogP contribution >= 0.6 is 0 Å². The van der Waals surface area contributed by atoms with Gasteiger partial charge in [-0.15, -0.1) is 69.7 Å². The number of fused-ring (bicyclic) bond motifs is 2. The van der Waals surface area contributed by atoms with E-state index in [1.54, 1.807) is 13.8 Å². The van der Waals surface area contributed by atoms with Gasteiger partial charge in [-0.3, -0.25) is 0 Å². The molecule has 0 amide bonds. The van der Waals surface area contributed by atoms with E-state index in [0.29, 0.717) is 0 Å². The Morgan fingerprint density at radius 1 is 0.654 bits per heavy atom. The van der Waals surface area contributed by atoms with Gasteiger partial charge in [0.25, 0.3) is 0 Å². The Labute approximate surface area is 179 Å². The van der Waals surface area contributed by atoms with Crippen LogP contribution in [0.25, 0.3) is 21.5 Å². The van der Waals surface area contributed by atoms with Crippen LogP contribution in [0.4, 0.5) is 0 Å². The van der Waals surface area contributed by atoms with E-state index in [1.807, 2.05) is 0 Å². The van der Waals surface area contributed by atoms with Crippen LogP contribution in [0, 0.1) is 13.8 Å². The first-order chi connectivity index (χ1) is 12.1. The maximum Gasteiger partial charge on any atom is 4.00 e. The number of hydrogen-bond donors (Lipinski definition) is 0. The molecule has 0 atom stereocenters. The van der Waals surface area contributed by atoms with E-state index in [1.165, 1.54) is 31.9 Å². The smallest absolute Gasteiger partial charge is 0.346 e. The first-order valence-electron chi connectivity index (χ1n) is 8.88. The molecule has 0 heterocycles. The van der Waals surface area contributed by atoms with Gasteiger partial charge in [0.15, 0.2) is 0 Å². The number of rotatable bonds is 2. The topological polar surface area (TPSA) is 0 Å². The van der Waals surface area contributed by atoms with Crippen LogP contribution in [0.1, 0.15) is 13.8 Å². The van der Waals surface area contributed by atoms with Gasteiger partial charge in [0.2, 0.25) is 0 Å². The number of benzene rings is 2. The second-order valence-corrected chi connectivity index (χ2v) is 10.8. The van der Waals surface area contributed by atoms with Crippen LogP contribution in [-0.4, -0.2) is 8.07 Å². The summed E-state index contributed by atoms with van der Waals surface area (Å²) in [5.41, 5.74) is 0. The molecule has 0 aliphatic heterocycles. The monoisotopic (exact) mass is 434 g/mol. The molecule has 0 saturated heterocycles. The third kappa shape index (κ3) is 4.53. The summed E-state index contributed by atoms with van der Waals surface area (Å²) in [6.07, 6.45) is 0. The van der Waals surface area contributed by atoms with Crippen molar-refractivity contribution in [3.63, 3.8) is 0 Å². The van der Waals surface area contributed by atoms with Gasteiger partial charge in [-0.25, -0.2) is 0 Å². The van der Waals surface area contributed by atoms with Crippen molar-refractivity contribution in [3.05, 3.63) is 86.6 Å². The summed E-state index contributed by atoms with van der Waals surface area (Å²) in [6, 6.07) is 26.9. The summed E-state index contributed by atoms with van der Waals surface area (Å²) < 4.78 is 0. The summed E-state index contributed by atoms with van der Waals surface area (Å²) in [6.45, 7) is 14.9. The van der Waals surface area contributed by atoms with E-state index >= 15 is 0 Å². The molecule has 0 fully saturated rings. The van der Waals surface area contributed by atoms with Gasteiger partial charge in [-0.1, -0.05) is 25.2 Å². The molecule has 0 aliphatic rings. The van der Waals surface area contributed by atoms with Gasteiger partial charge in [0.1, 0.15) is 0 Å². The zero-order chi connectivity index (χ0) is 18.4. The zero-order valence-electron chi connectivity index (χ0n) is 16.3. The fourth-order valence-electron chi connectivity index (χ4n) is 3.19. The van der Waals surface area contributed by atoms with Crippen LogP contribution in [0.2, 0.25) is 13.1 Å². The standard InChI is InChI=1S/C20H18Si.2C2H5.Zr/c1-21(2,19-11-15-7-3-4-8-16(15)12-19)20-13-17-9-5-6-10-18(17)14-20;2*1-2;/h3-14H,1-2H3;2*1H2,2H3;/q-2;2*-1;+4. The van der Waals surface area contributed by atoms with E-state index in [4.69, 9.17) is 0 Å². The Balaban J connectivity index is 0.000000635. The summed E-state index contributed by atoms with van der Waals surface area (Å²) in [5, 5.41) is 8.51. The molecule has 0 nitrogen and oxygen atoms in total. The second-order valence-electron chi connectivity index (χ2n) is 6.37. The van der Waals surface area contributed by atoms with Crippen molar-refractivity contribution in [1.29, 1.82) is 0 Å².